The molecule has 0 amide bonds. The second kappa shape index (κ2) is 7.89. The van der Waals surface area contributed by atoms with Gasteiger partial charge in [0.1, 0.15) is 0 Å². The fourth-order valence-corrected chi connectivity index (χ4v) is 9.72. The molecule has 1 nitrogen and oxygen atoms in total. The van der Waals surface area contributed by atoms with Crippen molar-refractivity contribution in [3.8, 4) is 0 Å². The lowest BCUT2D eigenvalue weighted by molar-refractivity contribution is -0.118. The van der Waals surface area contributed by atoms with Gasteiger partial charge in [-0.15, -0.1) is 0 Å². The monoisotopic (exact) mass is 428 g/mol. The van der Waals surface area contributed by atoms with Gasteiger partial charge in [0.2, 0.25) is 0 Å². The molecule has 4 rings (SSSR count). The van der Waals surface area contributed by atoms with E-state index in [0.717, 1.165) is 30.1 Å². The van der Waals surface area contributed by atoms with Gasteiger partial charge < -0.3 is 5.11 Å². The summed E-state index contributed by atoms with van der Waals surface area (Å²) in [5.41, 5.74) is 3.09. The van der Waals surface area contributed by atoms with E-state index < -0.39 is 0 Å². The Morgan fingerprint density at radius 3 is 2.29 bits per heavy atom. The molecular formula is C30H52O. The second-order valence-corrected chi connectivity index (χ2v) is 14.1. The van der Waals surface area contributed by atoms with Crippen LogP contribution in [-0.2, 0) is 0 Å². The van der Waals surface area contributed by atoms with Crippen LogP contribution >= 0.6 is 0 Å². The third-order valence-corrected chi connectivity index (χ3v) is 12.0. The van der Waals surface area contributed by atoms with Crippen LogP contribution < -0.4 is 0 Å². The third kappa shape index (κ3) is 3.41. The summed E-state index contributed by atoms with van der Waals surface area (Å²) in [4.78, 5) is 0. The molecule has 31 heavy (non-hydrogen) atoms. The zero-order valence-corrected chi connectivity index (χ0v) is 22.1. The molecule has 0 bridgehead atoms. The van der Waals surface area contributed by atoms with E-state index in [1.54, 1.807) is 0 Å². The summed E-state index contributed by atoms with van der Waals surface area (Å²) in [7, 11) is 0. The van der Waals surface area contributed by atoms with Gasteiger partial charge in [0.15, 0.2) is 0 Å². The third-order valence-electron chi connectivity index (χ3n) is 12.0. The molecule has 0 saturated heterocycles. The van der Waals surface area contributed by atoms with E-state index in [0.29, 0.717) is 22.2 Å². The van der Waals surface area contributed by atoms with Gasteiger partial charge in [0.05, 0.1) is 6.10 Å². The van der Waals surface area contributed by atoms with Crippen LogP contribution in [0.2, 0.25) is 0 Å². The average molecular weight is 429 g/mol. The van der Waals surface area contributed by atoms with Crippen molar-refractivity contribution in [3.63, 3.8) is 0 Å². The predicted octanol–water partition coefficient (Wildman–Crippen LogP) is 8.41. The lowest BCUT2D eigenvalue weighted by Gasteiger charge is -2.64. The van der Waals surface area contributed by atoms with Crippen LogP contribution in [0.5, 0.6) is 0 Å². The van der Waals surface area contributed by atoms with E-state index in [-0.39, 0.29) is 11.5 Å². The Hall–Kier alpha value is -0.300. The highest BCUT2D eigenvalue weighted by molar-refractivity contribution is 5.32. The van der Waals surface area contributed by atoms with E-state index in [1.807, 2.05) is 5.57 Å². The van der Waals surface area contributed by atoms with Crippen LogP contribution in [0.1, 0.15) is 120 Å². The first-order valence-corrected chi connectivity index (χ1v) is 13.8. The van der Waals surface area contributed by atoms with E-state index in [9.17, 15) is 5.11 Å². The predicted molar refractivity (Wildman–Crippen MR) is 133 cm³/mol. The Kier molecular flexibility index (Phi) is 6.07. The van der Waals surface area contributed by atoms with Crippen LogP contribution in [0, 0.1) is 51.2 Å². The van der Waals surface area contributed by atoms with Crippen molar-refractivity contribution >= 4 is 0 Å². The topological polar surface area (TPSA) is 20.2 Å². The summed E-state index contributed by atoms with van der Waals surface area (Å²) in [5, 5.41) is 10.8. The summed E-state index contributed by atoms with van der Waals surface area (Å²) in [6.07, 6.45) is 15.8. The van der Waals surface area contributed by atoms with Crippen molar-refractivity contribution in [2.24, 2.45) is 51.2 Å². The Labute approximate surface area is 193 Å². The second-order valence-electron chi connectivity index (χ2n) is 14.1. The van der Waals surface area contributed by atoms with Crippen LogP contribution in [0.15, 0.2) is 11.6 Å². The van der Waals surface area contributed by atoms with Gasteiger partial charge in [0, 0.05) is 0 Å². The van der Waals surface area contributed by atoms with Gasteiger partial charge in [-0.1, -0.05) is 86.3 Å². The van der Waals surface area contributed by atoms with Crippen LogP contribution in [0.3, 0.4) is 0 Å². The Morgan fingerprint density at radius 2 is 1.61 bits per heavy atom. The maximum absolute atomic E-state index is 10.8. The first-order chi connectivity index (χ1) is 14.4. The largest absolute Gasteiger partial charge is 0.393 e. The fourth-order valence-electron chi connectivity index (χ4n) is 9.72. The minimum Gasteiger partial charge on any atom is -0.393 e. The average Bonchev–Trinajstić information content (AvgIpc) is 2.96. The quantitative estimate of drug-likeness (QED) is 0.436. The molecule has 4 aliphatic carbocycles. The van der Waals surface area contributed by atoms with Crippen LogP contribution in [-0.4, -0.2) is 11.2 Å². The summed E-state index contributed by atoms with van der Waals surface area (Å²) >= 11 is 0. The Bertz CT molecular complexity index is 703. The van der Waals surface area contributed by atoms with Gasteiger partial charge in [-0.2, -0.15) is 0 Å². The number of hydrogen-bond acceptors (Lipinski definition) is 1. The lowest BCUT2D eigenvalue weighted by atomic mass is 9.41. The zero-order valence-electron chi connectivity index (χ0n) is 22.1. The van der Waals surface area contributed by atoms with Gasteiger partial charge in [-0.25, -0.2) is 0 Å². The minimum absolute atomic E-state index is 0.0452. The molecule has 1 unspecified atom stereocenters. The van der Waals surface area contributed by atoms with Gasteiger partial charge in [-0.05, 0) is 96.2 Å². The van der Waals surface area contributed by atoms with Crippen LogP contribution in [0.25, 0.3) is 0 Å². The molecule has 0 aromatic carbocycles. The molecule has 0 aliphatic heterocycles. The van der Waals surface area contributed by atoms with E-state index in [2.05, 4.69) is 61.5 Å². The molecule has 1 N–H and O–H groups in total. The summed E-state index contributed by atoms with van der Waals surface area (Å²) in [6, 6.07) is 0. The molecule has 0 radical (unpaired) electrons. The fraction of sp³-hybridized carbons (Fsp3) is 0.933. The smallest absolute Gasteiger partial charge is 0.0594 e. The van der Waals surface area contributed by atoms with Crippen LogP contribution in [0.4, 0.5) is 0 Å². The molecule has 0 aromatic heterocycles. The first kappa shape index (κ1) is 23.8. The molecule has 0 heterocycles. The van der Waals surface area contributed by atoms with Crippen molar-refractivity contribution in [2.45, 2.75) is 126 Å². The van der Waals surface area contributed by atoms with Gasteiger partial charge in [-0.3, -0.25) is 0 Å². The van der Waals surface area contributed by atoms with E-state index >= 15 is 0 Å². The highest BCUT2D eigenvalue weighted by atomic mass is 16.3. The van der Waals surface area contributed by atoms with Crippen molar-refractivity contribution in [1.82, 2.24) is 0 Å². The molecular weight excluding hydrogens is 376 g/mol. The Morgan fingerprint density at radius 1 is 0.903 bits per heavy atom. The number of fused-ring (bicyclic) bond motifs is 5. The molecule has 3 fully saturated rings. The van der Waals surface area contributed by atoms with Gasteiger partial charge in [0.25, 0.3) is 0 Å². The number of rotatable bonds is 5. The maximum atomic E-state index is 10.8. The minimum atomic E-state index is -0.130. The van der Waals surface area contributed by atoms with Crippen molar-refractivity contribution in [1.29, 1.82) is 0 Å². The summed E-state index contributed by atoms with van der Waals surface area (Å²) < 4.78 is 0. The number of aliphatic hydroxyl groups excluding tert-OH is 1. The maximum Gasteiger partial charge on any atom is 0.0594 e. The SMILES string of the molecule is CC(C)CCC[C@@H](C)[C@H]1CC[C@@]2(C)[C@@H]3CCC4C(C)(C)[C@@H](O)CC[C@]4(C)C3=CC[C@]12C. The van der Waals surface area contributed by atoms with Crippen molar-refractivity contribution in [2.75, 3.05) is 0 Å². The highest BCUT2D eigenvalue weighted by Crippen LogP contribution is 2.73. The Balaban J connectivity index is 1.61. The number of allylic oxidation sites excluding steroid dienone is 2. The van der Waals surface area contributed by atoms with Gasteiger partial charge >= 0.3 is 0 Å². The molecule has 4 aliphatic rings. The number of hydrogen-bond donors (Lipinski definition) is 1. The van der Waals surface area contributed by atoms with Crippen molar-refractivity contribution in [3.05, 3.63) is 11.6 Å². The first-order valence-electron chi connectivity index (χ1n) is 13.8. The van der Waals surface area contributed by atoms with E-state index in [4.69, 9.17) is 0 Å². The molecule has 0 aromatic rings. The molecule has 0 spiro atoms. The normalized spacial score (nSPS) is 47.4. The highest BCUT2D eigenvalue weighted by Gasteiger charge is 2.65. The van der Waals surface area contributed by atoms with Crippen molar-refractivity contribution < 1.29 is 5.11 Å². The molecule has 178 valence electrons. The zero-order chi connectivity index (χ0) is 22.8. The summed E-state index contributed by atoms with van der Waals surface area (Å²) in [6.45, 7) is 20.0. The molecule has 1 heteroatoms. The standard InChI is InChI=1S/C30H52O/c1-20(2)10-9-11-21(3)22-14-18-30(8)24-12-13-25-27(4,5)26(31)16-17-28(25,6)23(24)15-19-29(22,30)7/h15,20-22,24-26,31H,9-14,16-19H2,1-8H3/t21-,22-,24-,25?,26+,28-,29-,30+/m1/s1. The molecule has 3 saturated carbocycles. The van der Waals surface area contributed by atoms with E-state index in [1.165, 1.54) is 57.8 Å². The lowest BCUT2D eigenvalue weighted by Crippen LogP contribution is -2.57. The molecule has 8 atom stereocenters. The summed E-state index contributed by atoms with van der Waals surface area (Å²) in [5.74, 6) is 3.98. The number of aliphatic hydroxyl groups is 1.